The van der Waals surface area contributed by atoms with E-state index in [1.807, 2.05) is 30.3 Å². The van der Waals surface area contributed by atoms with E-state index in [1.54, 1.807) is 26.0 Å². The molecule has 0 radical (unpaired) electrons. The average molecular weight is 465 g/mol. The normalized spacial score (nSPS) is 13.0. The molecule has 3 rings (SSSR count). The Kier molecular flexibility index (Phi) is 6.22. The maximum Gasteiger partial charge on any atom is 0.241 e. The largest absolute Gasteiger partial charge is 0.459 e. The van der Waals surface area contributed by atoms with Gasteiger partial charge in [0.15, 0.2) is 0 Å². The molecule has 0 bridgehead atoms. The number of halogens is 1. The van der Waals surface area contributed by atoms with E-state index in [0.717, 1.165) is 15.4 Å². The molecule has 0 aliphatic carbocycles. The zero-order valence-corrected chi connectivity index (χ0v) is 17.9. The second-order valence-corrected chi connectivity index (χ2v) is 9.39. The summed E-state index contributed by atoms with van der Waals surface area (Å²) in [6.45, 7) is 3.75. The van der Waals surface area contributed by atoms with Gasteiger partial charge in [0.1, 0.15) is 17.4 Å². The van der Waals surface area contributed by atoms with Crippen molar-refractivity contribution in [2.45, 2.75) is 31.3 Å². The van der Waals surface area contributed by atoms with E-state index < -0.39 is 22.0 Å². The van der Waals surface area contributed by atoms with E-state index >= 15 is 0 Å². The first-order valence-electron chi connectivity index (χ1n) is 8.79. The van der Waals surface area contributed by atoms with Crippen LogP contribution in [0, 0.1) is 5.92 Å². The van der Waals surface area contributed by atoms with Gasteiger partial charge < -0.3 is 9.73 Å². The lowest BCUT2D eigenvalue weighted by Crippen LogP contribution is -2.49. The summed E-state index contributed by atoms with van der Waals surface area (Å²) >= 11 is 3.28. The van der Waals surface area contributed by atoms with Crippen LogP contribution in [-0.2, 0) is 21.4 Å². The Bertz CT molecular complexity index is 1040. The lowest BCUT2D eigenvalue weighted by atomic mass is 10.1. The molecule has 0 saturated heterocycles. The number of amides is 1. The highest BCUT2D eigenvalue weighted by molar-refractivity contribution is 9.10. The van der Waals surface area contributed by atoms with Crippen molar-refractivity contribution in [3.05, 3.63) is 64.8 Å². The third-order valence-electron chi connectivity index (χ3n) is 4.27. The molecule has 1 heterocycles. The smallest absolute Gasteiger partial charge is 0.241 e. The van der Waals surface area contributed by atoms with Crippen molar-refractivity contribution >= 4 is 42.8 Å². The van der Waals surface area contributed by atoms with E-state index in [-0.39, 0.29) is 17.4 Å². The number of benzene rings is 2. The van der Waals surface area contributed by atoms with Crippen LogP contribution in [0.4, 0.5) is 0 Å². The van der Waals surface area contributed by atoms with Crippen molar-refractivity contribution in [2.24, 2.45) is 5.92 Å². The standard InChI is InChI=1S/C20H21BrN2O4S/c1-13(2)19(23-28(25,26)17-9-7-15(21)8-10-17)20(24)22-12-16-11-14-5-3-4-6-18(14)27-16/h3-11,13,19,23H,12H2,1-2H3,(H,22,24)/t19-/m0/s1. The Labute approximate surface area is 172 Å². The van der Waals surface area contributed by atoms with Gasteiger partial charge in [0, 0.05) is 9.86 Å². The first-order chi connectivity index (χ1) is 13.3. The van der Waals surface area contributed by atoms with Gasteiger partial charge in [0.25, 0.3) is 0 Å². The molecule has 0 aliphatic heterocycles. The van der Waals surface area contributed by atoms with Gasteiger partial charge in [-0.1, -0.05) is 48.0 Å². The second-order valence-electron chi connectivity index (χ2n) is 6.77. The molecule has 0 fully saturated rings. The highest BCUT2D eigenvalue weighted by Gasteiger charge is 2.28. The maximum absolute atomic E-state index is 12.6. The van der Waals surface area contributed by atoms with Crippen LogP contribution in [-0.4, -0.2) is 20.4 Å². The van der Waals surface area contributed by atoms with Gasteiger partial charge in [0.05, 0.1) is 11.4 Å². The van der Waals surface area contributed by atoms with E-state index in [4.69, 9.17) is 4.42 Å². The predicted octanol–water partition coefficient (Wildman–Crippen LogP) is 3.81. The summed E-state index contributed by atoms with van der Waals surface area (Å²) in [5.41, 5.74) is 0.739. The van der Waals surface area contributed by atoms with E-state index in [0.29, 0.717) is 5.76 Å². The number of fused-ring (bicyclic) bond motifs is 1. The van der Waals surface area contributed by atoms with Crippen LogP contribution < -0.4 is 10.0 Å². The van der Waals surface area contributed by atoms with Crippen LogP contribution in [0.5, 0.6) is 0 Å². The van der Waals surface area contributed by atoms with Gasteiger partial charge in [-0.05, 0) is 42.3 Å². The van der Waals surface area contributed by atoms with E-state index in [2.05, 4.69) is 26.0 Å². The monoisotopic (exact) mass is 464 g/mol. The fourth-order valence-corrected chi connectivity index (χ4v) is 4.36. The quantitative estimate of drug-likeness (QED) is 0.556. The summed E-state index contributed by atoms with van der Waals surface area (Å²) in [5.74, 6) is -0.0372. The summed E-state index contributed by atoms with van der Waals surface area (Å²) in [5, 5.41) is 3.70. The Morgan fingerprint density at radius 1 is 1.11 bits per heavy atom. The van der Waals surface area contributed by atoms with Gasteiger partial charge in [-0.3, -0.25) is 4.79 Å². The predicted molar refractivity (Wildman–Crippen MR) is 111 cm³/mol. The molecule has 0 unspecified atom stereocenters. The van der Waals surface area contributed by atoms with E-state index in [9.17, 15) is 13.2 Å². The number of hydrogen-bond donors (Lipinski definition) is 2. The minimum Gasteiger partial charge on any atom is -0.459 e. The Morgan fingerprint density at radius 2 is 1.79 bits per heavy atom. The minimum absolute atomic E-state index is 0.103. The number of sulfonamides is 1. The third-order valence-corrected chi connectivity index (χ3v) is 6.25. The summed E-state index contributed by atoms with van der Waals surface area (Å²) in [7, 11) is -3.82. The van der Waals surface area contributed by atoms with Gasteiger partial charge in [-0.2, -0.15) is 4.72 Å². The van der Waals surface area contributed by atoms with Crippen molar-refractivity contribution in [1.29, 1.82) is 0 Å². The van der Waals surface area contributed by atoms with Gasteiger partial charge in [-0.25, -0.2) is 8.42 Å². The minimum atomic E-state index is -3.82. The summed E-state index contributed by atoms with van der Waals surface area (Å²) in [4.78, 5) is 12.8. The van der Waals surface area contributed by atoms with Crippen LogP contribution >= 0.6 is 15.9 Å². The molecule has 0 saturated carbocycles. The van der Waals surface area contributed by atoms with Crippen molar-refractivity contribution < 1.29 is 17.6 Å². The molecule has 1 atom stereocenters. The molecule has 148 valence electrons. The highest BCUT2D eigenvalue weighted by atomic mass is 79.9. The summed E-state index contributed by atoms with van der Waals surface area (Å²) in [6.07, 6.45) is 0. The van der Waals surface area contributed by atoms with E-state index in [1.165, 1.54) is 12.1 Å². The molecule has 6 nitrogen and oxygen atoms in total. The second kappa shape index (κ2) is 8.46. The molecule has 2 aromatic carbocycles. The molecule has 28 heavy (non-hydrogen) atoms. The van der Waals surface area contributed by atoms with Gasteiger partial charge >= 0.3 is 0 Å². The first-order valence-corrected chi connectivity index (χ1v) is 11.1. The van der Waals surface area contributed by atoms with Crippen LogP contribution in [0.2, 0.25) is 0 Å². The molecule has 3 aromatic rings. The number of para-hydroxylation sites is 1. The SMILES string of the molecule is CC(C)[C@H](NS(=O)(=O)c1ccc(Br)cc1)C(=O)NCc1cc2ccccc2o1. The summed E-state index contributed by atoms with van der Waals surface area (Å²) in [6, 6.07) is 14.8. The number of hydrogen-bond acceptors (Lipinski definition) is 4. The van der Waals surface area contributed by atoms with Crippen molar-refractivity contribution in [3.63, 3.8) is 0 Å². The number of rotatable bonds is 7. The molecule has 0 aliphatic rings. The van der Waals surface area contributed by atoms with Crippen molar-refractivity contribution in [1.82, 2.24) is 10.0 Å². The zero-order valence-electron chi connectivity index (χ0n) is 15.5. The number of carbonyl (C=O) groups is 1. The topological polar surface area (TPSA) is 88.4 Å². The van der Waals surface area contributed by atoms with Crippen LogP contribution in [0.1, 0.15) is 19.6 Å². The maximum atomic E-state index is 12.6. The first kappa shape index (κ1) is 20.6. The van der Waals surface area contributed by atoms with Crippen LogP contribution in [0.25, 0.3) is 11.0 Å². The van der Waals surface area contributed by atoms with Gasteiger partial charge in [-0.15, -0.1) is 0 Å². The lowest BCUT2D eigenvalue weighted by molar-refractivity contribution is -0.123. The summed E-state index contributed by atoms with van der Waals surface area (Å²) < 4.78 is 34.2. The fraction of sp³-hybridized carbons (Fsp3) is 0.250. The zero-order chi connectivity index (χ0) is 20.3. The molecule has 1 aromatic heterocycles. The molecular formula is C20H21BrN2O4S. The molecule has 1 amide bonds. The number of nitrogens with one attached hydrogen (secondary N) is 2. The molecule has 8 heteroatoms. The van der Waals surface area contributed by atoms with Crippen molar-refractivity contribution in [3.8, 4) is 0 Å². The Balaban J connectivity index is 1.70. The molecule has 2 N–H and O–H groups in total. The Morgan fingerprint density at radius 3 is 2.43 bits per heavy atom. The Hall–Kier alpha value is -2.16. The van der Waals surface area contributed by atoms with Crippen LogP contribution in [0.15, 0.2) is 68.4 Å². The lowest BCUT2D eigenvalue weighted by Gasteiger charge is -2.21. The highest BCUT2D eigenvalue weighted by Crippen LogP contribution is 2.19. The number of carbonyl (C=O) groups excluding carboxylic acids is 1. The third kappa shape index (κ3) is 4.81. The molecule has 0 spiro atoms. The number of furan rings is 1. The fourth-order valence-electron chi connectivity index (χ4n) is 2.75. The van der Waals surface area contributed by atoms with Gasteiger partial charge in [0.2, 0.25) is 15.9 Å². The van der Waals surface area contributed by atoms with Crippen molar-refractivity contribution in [2.75, 3.05) is 0 Å². The van der Waals surface area contributed by atoms with Crippen LogP contribution in [0.3, 0.4) is 0 Å². The average Bonchev–Trinajstić information content (AvgIpc) is 3.07. The molecular weight excluding hydrogens is 444 g/mol.